The first-order valence-electron chi connectivity index (χ1n) is 11.2. The van der Waals surface area contributed by atoms with Crippen molar-refractivity contribution in [3.63, 3.8) is 0 Å². The molecule has 180 valence electrons. The number of hydrogen-bond donors (Lipinski definition) is 1. The number of nitrogens with one attached hydrogen (secondary N) is 1. The van der Waals surface area contributed by atoms with Crippen molar-refractivity contribution < 1.29 is 9.53 Å². The lowest BCUT2D eigenvalue weighted by atomic mass is 9.94. The van der Waals surface area contributed by atoms with Crippen LogP contribution >= 0.6 is 22.9 Å². The molecule has 1 N–H and O–H groups in total. The van der Waals surface area contributed by atoms with E-state index in [1.807, 2.05) is 45.0 Å². The SMILES string of the molecule is Cc1ccc(NC(=O)Cn2c(=O)n(-c3cccc(Cl)c3)c(=O)c3c4c(sc32)COC(C)(C)C4)cc1. The summed E-state index contributed by atoms with van der Waals surface area (Å²) >= 11 is 7.50. The zero-order chi connectivity index (χ0) is 24.9. The Balaban J connectivity index is 1.69. The van der Waals surface area contributed by atoms with Crippen LogP contribution in [0.5, 0.6) is 0 Å². The summed E-state index contributed by atoms with van der Waals surface area (Å²) in [6, 6.07) is 14.0. The second-order valence-electron chi connectivity index (χ2n) is 9.31. The van der Waals surface area contributed by atoms with E-state index in [2.05, 4.69) is 5.32 Å². The Kier molecular flexibility index (Phi) is 5.91. The van der Waals surface area contributed by atoms with E-state index >= 15 is 0 Å². The highest BCUT2D eigenvalue weighted by molar-refractivity contribution is 7.18. The van der Waals surface area contributed by atoms with Crippen LogP contribution in [0.4, 0.5) is 5.69 Å². The summed E-state index contributed by atoms with van der Waals surface area (Å²) in [5, 5.41) is 3.69. The fourth-order valence-electron chi connectivity index (χ4n) is 4.32. The van der Waals surface area contributed by atoms with Crippen LogP contribution in [0.3, 0.4) is 0 Å². The molecule has 1 aliphatic heterocycles. The van der Waals surface area contributed by atoms with Gasteiger partial charge in [0.15, 0.2) is 0 Å². The summed E-state index contributed by atoms with van der Waals surface area (Å²) in [4.78, 5) is 41.8. The molecule has 4 aromatic rings. The lowest BCUT2D eigenvalue weighted by Gasteiger charge is -2.29. The fourth-order valence-corrected chi connectivity index (χ4v) is 5.72. The highest BCUT2D eigenvalue weighted by atomic mass is 35.5. The van der Waals surface area contributed by atoms with Crippen molar-refractivity contribution in [2.24, 2.45) is 0 Å². The van der Waals surface area contributed by atoms with Gasteiger partial charge < -0.3 is 10.1 Å². The molecule has 0 bridgehead atoms. The van der Waals surface area contributed by atoms with Crippen LogP contribution in [0.25, 0.3) is 15.9 Å². The standard InChI is InChI=1S/C26H24ClN3O4S/c1-15-7-9-17(10-8-15)28-21(31)13-29-24-22(19-12-26(2,3)34-14-20(19)35-24)23(32)30(25(29)33)18-6-4-5-16(27)11-18/h4-11H,12-14H2,1-3H3,(H,28,31). The fraction of sp³-hybridized carbons (Fsp3) is 0.269. The molecule has 0 saturated carbocycles. The van der Waals surface area contributed by atoms with E-state index in [0.29, 0.717) is 39.6 Å². The van der Waals surface area contributed by atoms with Crippen LogP contribution in [0.15, 0.2) is 58.1 Å². The summed E-state index contributed by atoms with van der Waals surface area (Å²) in [6.45, 7) is 6.01. The second kappa shape index (κ2) is 8.78. The molecule has 5 rings (SSSR count). The minimum atomic E-state index is -0.595. The second-order valence-corrected chi connectivity index (χ2v) is 10.8. The van der Waals surface area contributed by atoms with Crippen molar-refractivity contribution in [2.45, 2.75) is 45.9 Å². The molecule has 0 saturated heterocycles. The van der Waals surface area contributed by atoms with Gasteiger partial charge in [0, 0.05) is 22.0 Å². The van der Waals surface area contributed by atoms with Crippen LogP contribution in [0, 0.1) is 6.92 Å². The van der Waals surface area contributed by atoms with Gasteiger partial charge in [-0.1, -0.05) is 35.4 Å². The third kappa shape index (κ3) is 4.45. The molecule has 0 unspecified atom stereocenters. The Bertz CT molecular complexity index is 1580. The predicted octanol–water partition coefficient (Wildman–Crippen LogP) is 4.67. The average Bonchev–Trinajstić information content (AvgIpc) is 3.16. The van der Waals surface area contributed by atoms with Crippen molar-refractivity contribution >= 4 is 44.7 Å². The van der Waals surface area contributed by atoms with Crippen molar-refractivity contribution in [3.8, 4) is 5.69 Å². The number of halogens is 1. The number of benzene rings is 2. The molecule has 0 spiro atoms. The first kappa shape index (κ1) is 23.5. The number of hydrogen-bond acceptors (Lipinski definition) is 5. The molecule has 1 amide bonds. The highest BCUT2D eigenvalue weighted by Crippen LogP contribution is 2.37. The first-order chi connectivity index (χ1) is 16.6. The number of thiophene rings is 1. The number of carbonyl (C=O) groups is 1. The maximum atomic E-state index is 13.7. The van der Waals surface area contributed by atoms with Gasteiger partial charge in [-0.05, 0) is 56.7 Å². The topological polar surface area (TPSA) is 82.3 Å². The quantitative estimate of drug-likeness (QED) is 0.433. The Labute approximate surface area is 210 Å². The third-order valence-electron chi connectivity index (χ3n) is 6.06. The van der Waals surface area contributed by atoms with Gasteiger partial charge in [0.2, 0.25) is 5.91 Å². The molecule has 2 aromatic heterocycles. The molecule has 0 aliphatic carbocycles. The maximum absolute atomic E-state index is 13.7. The summed E-state index contributed by atoms with van der Waals surface area (Å²) in [5.74, 6) is -0.364. The van der Waals surface area contributed by atoms with Crippen molar-refractivity contribution in [3.05, 3.63) is 90.4 Å². The molecule has 2 aromatic carbocycles. The van der Waals surface area contributed by atoms with Crippen molar-refractivity contribution in [1.29, 1.82) is 0 Å². The van der Waals surface area contributed by atoms with E-state index in [9.17, 15) is 14.4 Å². The van der Waals surface area contributed by atoms with Gasteiger partial charge in [-0.3, -0.25) is 14.2 Å². The molecular weight excluding hydrogens is 486 g/mol. The molecule has 0 fully saturated rings. The van der Waals surface area contributed by atoms with Crippen molar-refractivity contribution in [2.75, 3.05) is 5.32 Å². The van der Waals surface area contributed by atoms with E-state index in [1.54, 1.807) is 24.3 Å². The Morgan fingerprint density at radius 2 is 1.91 bits per heavy atom. The van der Waals surface area contributed by atoms with E-state index in [0.717, 1.165) is 20.6 Å². The average molecular weight is 510 g/mol. The van der Waals surface area contributed by atoms with Gasteiger partial charge in [0.25, 0.3) is 5.56 Å². The maximum Gasteiger partial charge on any atom is 0.337 e. The monoisotopic (exact) mass is 509 g/mol. The third-order valence-corrected chi connectivity index (χ3v) is 7.52. The number of aromatic nitrogens is 2. The molecular formula is C26H24ClN3O4S. The zero-order valence-corrected chi connectivity index (χ0v) is 21.1. The molecule has 1 aliphatic rings. The number of rotatable bonds is 4. The minimum Gasteiger partial charge on any atom is -0.370 e. The summed E-state index contributed by atoms with van der Waals surface area (Å²) in [7, 11) is 0. The van der Waals surface area contributed by atoms with Gasteiger partial charge in [0.1, 0.15) is 11.4 Å². The summed E-state index contributed by atoms with van der Waals surface area (Å²) in [6.07, 6.45) is 0.529. The zero-order valence-electron chi connectivity index (χ0n) is 19.6. The van der Waals surface area contributed by atoms with Crippen LogP contribution in [-0.4, -0.2) is 20.6 Å². The van der Waals surface area contributed by atoms with Gasteiger partial charge in [-0.2, -0.15) is 0 Å². The van der Waals surface area contributed by atoms with E-state index < -0.39 is 16.9 Å². The molecule has 35 heavy (non-hydrogen) atoms. The van der Waals surface area contributed by atoms with Crippen LogP contribution < -0.4 is 16.6 Å². The van der Waals surface area contributed by atoms with E-state index in [4.69, 9.17) is 16.3 Å². The Morgan fingerprint density at radius 1 is 1.17 bits per heavy atom. The molecule has 3 heterocycles. The number of ether oxygens (including phenoxy) is 1. The minimum absolute atomic E-state index is 0.242. The molecule has 7 nitrogen and oxygen atoms in total. The number of nitrogens with zero attached hydrogens (tertiary/aromatic N) is 2. The summed E-state index contributed by atoms with van der Waals surface area (Å²) in [5.41, 5.74) is 1.47. The van der Waals surface area contributed by atoms with Crippen LogP contribution in [0.1, 0.15) is 29.9 Å². The van der Waals surface area contributed by atoms with Crippen molar-refractivity contribution in [1.82, 2.24) is 9.13 Å². The van der Waals surface area contributed by atoms with Crippen LogP contribution in [-0.2, 0) is 29.1 Å². The van der Waals surface area contributed by atoms with E-state index in [-0.39, 0.29) is 12.5 Å². The first-order valence-corrected chi connectivity index (χ1v) is 12.4. The summed E-state index contributed by atoms with van der Waals surface area (Å²) < 4.78 is 8.42. The predicted molar refractivity (Wildman–Crippen MR) is 139 cm³/mol. The smallest absolute Gasteiger partial charge is 0.337 e. The van der Waals surface area contributed by atoms with Crippen LogP contribution in [0.2, 0.25) is 5.02 Å². The lowest BCUT2D eigenvalue weighted by molar-refractivity contribution is -0.116. The molecule has 9 heteroatoms. The normalized spacial score (nSPS) is 14.6. The Hall–Kier alpha value is -3.20. The number of amides is 1. The van der Waals surface area contributed by atoms with Gasteiger partial charge in [-0.25, -0.2) is 9.36 Å². The largest absolute Gasteiger partial charge is 0.370 e. The lowest BCUT2D eigenvalue weighted by Crippen LogP contribution is -2.41. The Morgan fingerprint density at radius 3 is 2.63 bits per heavy atom. The number of fused-ring (bicyclic) bond motifs is 3. The van der Waals surface area contributed by atoms with E-state index in [1.165, 1.54) is 15.9 Å². The number of aryl methyl sites for hydroxylation is 1. The van der Waals surface area contributed by atoms with Gasteiger partial charge >= 0.3 is 5.69 Å². The molecule has 0 radical (unpaired) electrons. The van der Waals surface area contributed by atoms with Gasteiger partial charge in [-0.15, -0.1) is 11.3 Å². The number of anilines is 1. The highest BCUT2D eigenvalue weighted by Gasteiger charge is 2.32. The number of carbonyl (C=O) groups excluding carboxylic acids is 1. The molecule has 0 atom stereocenters. The van der Waals surface area contributed by atoms with Gasteiger partial charge in [0.05, 0.1) is 23.3 Å².